The second-order valence-corrected chi connectivity index (χ2v) is 5.23. The number of hydrogen-bond acceptors (Lipinski definition) is 4. The zero-order valence-electron chi connectivity index (χ0n) is 12.0. The zero-order valence-corrected chi connectivity index (χ0v) is 12.0. The quantitative estimate of drug-likeness (QED) is 0.860. The Hall–Kier alpha value is -2.35. The molecule has 5 nitrogen and oxygen atoms in total. The Morgan fingerprint density at radius 3 is 2.48 bits per heavy atom. The molecule has 0 bridgehead atoms. The number of hydrogen-bond donors (Lipinski definition) is 1. The van der Waals surface area contributed by atoms with Crippen LogP contribution in [0.3, 0.4) is 0 Å². The Bertz CT molecular complexity index is 554. The molecule has 1 aliphatic rings. The number of nitrogens with zero attached hydrogens (tertiary/aromatic N) is 1. The lowest BCUT2D eigenvalue weighted by atomic mass is 10.1. The van der Waals surface area contributed by atoms with Crippen molar-refractivity contribution in [2.45, 2.75) is 44.8 Å². The Morgan fingerprint density at radius 1 is 1.29 bits per heavy atom. The van der Waals surface area contributed by atoms with E-state index in [0.717, 1.165) is 25.7 Å². The van der Waals surface area contributed by atoms with Crippen molar-refractivity contribution in [3.8, 4) is 6.07 Å². The lowest BCUT2D eigenvalue weighted by Gasteiger charge is -2.17. The fourth-order valence-electron chi connectivity index (χ4n) is 2.35. The van der Waals surface area contributed by atoms with Gasteiger partial charge in [0.1, 0.15) is 0 Å². The molecular weight excluding hydrogens is 268 g/mol. The summed E-state index contributed by atoms with van der Waals surface area (Å²) in [4.78, 5) is 23.8. The number of carbonyl (C=O) groups excluding carboxylic acids is 2. The first-order valence-corrected chi connectivity index (χ1v) is 7.11. The molecule has 21 heavy (non-hydrogen) atoms. The van der Waals surface area contributed by atoms with Crippen molar-refractivity contribution in [2.75, 3.05) is 0 Å². The highest BCUT2D eigenvalue weighted by atomic mass is 16.5. The first kappa shape index (κ1) is 15.0. The third-order valence-corrected chi connectivity index (χ3v) is 3.60. The lowest BCUT2D eigenvalue weighted by molar-refractivity contribution is -0.129. The number of amides is 1. The summed E-state index contributed by atoms with van der Waals surface area (Å²) in [5, 5.41) is 11.6. The van der Waals surface area contributed by atoms with Crippen LogP contribution in [0.15, 0.2) is 24.3 Å². The van der Waals surface area contributed by atoms with Crippen LogP contribution in [0.5, 0.6) is 0 Å². The number of esters is 1. The number of ether oxygens (including phenoxy) is 1. The summed E-state index contributed by atoms with van der Waals surface area (Å²) in [6, 6.07) is 8.29. The average molecular weight is 286 g/mol. The molecule has 1 aromatic rings. The highest BCUT2D eigenvalue weighted by Crippen LogP contribution is 2.18. The Morgan fingerprint density at radius 2 is 1.90 bits per heavy atom. The van der Waals surface area contributed by atoms with Gasteiger partial charge in [0.2, 0.25) is 0 Å². The Balaban J connectivity index is 1.88. The highest BCUT2D eigenvalue weighted by Gasteiger charge is 2.23. The first-order chi connectivity index (χ1) is 10.1. The third kappa shape index (κ3) is 4.06. The van der Waals surface area contributed by atoms with E-state index in [2.05, 4.69) is 5.32 Å². The fraction of sp³-hybridized carbons (Fsp3) is 0.438. The van der Waals surface area contributed by atoms with Crippen molar-refractivity contribution in [3.05, 3.63) is 35.4 Å². The lowest BCUT2D eigenvalue weighted by Crippen LogP contribution is -2.40. The molecule has 1 N–H and O–H groups in total. The van der Waals surface area contributed by atoms with E-state index in [1.54, 1.807) is 19.1 Å². The summed E-state index contributed by atoms with van der Waals surface area (Å²) < 4.78 is 5.15. The molecule has 1 amide bonds. The smallest absolute Gasteiger partial charge is 0.338 e. The molecule has 110 valence electrons. The van der Waals surface area contributed by atoms with Crippen molar-refractivity contribution in [3.63, 3.8) is 0 Å². The molecule has 0 aliphatic heterocycles. The van der Waals surface area contributed by atoms with Gasteiger partial charge in [0.05, 0.1) is 17.2 Å². The summed E-state index contributed by atoms with van der Waals surface area (Å²) in [7, 11) is 0. The van der Waals surface area contributed by atoms with Gasteiger partial charge in [0, 0.05) is 6.04 Å². The maximum absolute atomic E-state index is 11.9. The molecule has 1 unspecified atom stereocenters. The number of benzene rings is 1. The molecular formula is C16H18N2O3. The average Bonchev–Trinajstić information content (AvgIpc) is 3.00. The SMILES string of the molecule is CC(OC(=O)c1ccc(C#N)cc1)C(=O)NC1CCCC1. The van der Waals surface area contributed by atoms with E-state index in [4.69, 9.17) is 10.00 Å². The molecule has 1 aromatic carbocycles. The van der Waals surface area contributed by atoms with Gasteiger partial charge in [-0.1, -0.05) is 12.8 Å². The van der Waals surface area contributed by atoms with E-state index in [1.165, 1.54) is 12.1 Å². The summed E-state index contributed by atoms with van der Waals surface area (Å²) in [5.74, 6) is -0.822. The van der Waals surface area contributed by atoms with Gasteiger partial charge in [-0.3, -0.25) is 4.79 Å². The molecule has 0 aromatic heterocycles. The molecule has 0 saturated heterocycles. The van der Waals surface area contributed by atoms with Gasteiger partial charge >= 0.3 is 5.97 Å². The normalized spacial score (nSPS) is 16.0. The summed E-state index contributed by atoms with van der Waals surface area (Å²) >= 11 is 0. The molecule has 2 rings (SSSR count). The molecule has 1 atom stereocenters. The van der Waals surface area contributed by atoms with Crippen LogP contribution in [-0.4, -0.2) is 24.0 Å². The van der Waals surface area contributed by atoms with Gasteiger partial charge in [-0.25, -0.2) is 4.79 Å². The molecule has 0 radical (unpaired) electrons. The van der Waals surface area contributed by atoms with E-state index in [1.807, 2.05) is 6.07 Å². The maximum atomic E-state index is 11.9. The van der Waals surface area contributed by atoms with Crippen LogP contribution in [0.2, 0.25) is 0 Å². The van der Waals surface area contributed by atoms with Crippen molar-refractivity contribution in [1.29, 1.82) is 5.26 Å². The van der Waals surface area contributed by atoms with Gasteiger partial charge < -0.3 is 10.1 Å². The minimum absolute atomic E-state index is 0.202. The van der Waals surface area contributed by atoms with Crippen LogP contribution in [0.4, 0.5) is 0 Å². The van der Waals surface area contributed by atoms with Gasteiger partial charge in [-0.05, 0) is 44.0 Å². The van der Waals surface area contributed by atoms with Gasteiger partial charge in [-0.15, -0.1) is 0 Å². The number of rotatable bonds is 4. The third-order valence-electron chi connectivity index (χ3n) is 3.60. The molecule has 1 saturated carbocycles. The second-order valence-electron chi connectivity index (χ2n) is 5.23. The van der Waals surface area contributed by atoms with Gasteiger partial charge in [0.15, 0.2) is 6.10 Å². The molecule has 0 heterocycles. The molecule has 1 fully saturated rings. The van der Waals surface area contributed by atoms with Gasteiger partial charge in [-0.2, -0.15) is 5.26 Å². The molecule has 0 spiro atoms. The van der Waals surface area contributed by atoms with Crippen molar-refractivity contribution >= 4 is 11.9 Å². The molecule has 5 heteroatoms. The van der Waals surface area contributed by atoms with Crippen LogP contribution in [0, 0.1) is 11.3 Å². The van der Waals surface area contributed by atoms with Gasteiger partial charge in [0.25, 0.3) is 5.91 Å². The maximum Gasteiger partial charge on any atom is 0.338 e. The van der Waals surface area contributed by atoms with Crippen LogP contribution < -0.4 is 5.32 Å². The minimum atomic E-state index is -0.825. The van der Waals surface area contributed by atoms with E-state index in [9.17, 15) is 9.59 Å². The number of nitrogens with one attached hydrogen (secondary N) is 1. The summed E-state index contributed by atoms with van der Waals surface area (Å²) in [6.45, 7) is 1.56. The fourth-order valence-corrected chi connectivity index (χ4v) is 2.35. The standard InChI is InChI=1S/C16H18N2O3/c1-11(15(19)18-14-4-2-3-5-14)21-16(20)13-8-6-12(10-17)7-9-13/h6-9,11,14H,2-5H2,1H3,(H,18,19). The largest absolute Gasteiger partial charge is 0.449 e. The summed E-state index contributed by atoms with van der Waals surface area (Å²) in [6.07, 6.45) is 3.41. The second kappa shape index (κ2) is 6.89. The topological polar surface area (TPSA) is 79.2 Å². The Kier molecular flexibility index (Phi) is 4.94. The monoisotopic (exact) mass is 286 g/mol. The summed E-state index contributed by atoms with van der Waals surface area (Å²) in [5.41, 5.74) is 0.799. The predicted molar refractivity (Wildman–Crippen MR) is 76.4 cm³/mol. The van der Waals surface area contributed by atoms with Crippen molar-refractivity contribution in [1.82, 2.24) is 5.32 Å². The van der Waals surface area contributed by atoms with Crippen LogP contribution >= 0.6 is 0 Å². The predicted octanol–water partition coefficient (Wildman–Crippen LogP) is 2.16. The van der Waals surface area contributed by atoms with Crippen LogP contribution in [0.25, 0.3) is 0 Å². The van der Waals surface area contributed by atoms with Crippen LogP contribution in [0.1, 0.15) is 48.5 Å². The van der Waals surface area contributed by atoms with E-state index < -0.39 is 12.1 Å². The molecule has 1 aliphatic carbocycles. The highest BCUT2D eigenvalue weighted by molar-refractivity contribution is 5.92. The first-order valence-electron chi connectivity index (χ1n) is 7.11. The van der Waals surface area contributed by atoms with Crippen molar-refractivity contribution in [2.24, 2.45) is 0 Å². The van der Waals surface area contributed by atoms with Crippen LogP contribution in [-0.2, 0) is 9.53 Å². The Labute approximate surface area is 123 Å². The van der Waals surface area contributed by atoms with Crippen molar-refractivity contribution < 1.29 is 14.3 Å². The number of carbonyl (C=O) groups is 2. The van der Waals surface area contributed by atoms with E-state index in [-0.39, 0.29) is 11.9 Å². The minimum Gasteiger partial charge on any atom is -0.449 e. The zero-order chi connectivity index (χ0) is 15.2. The van der Waals surface area contributed by atoms with E-state index in [0.29, 0.717) is 11.1 Å². The number of nitriles is 1. The van der Waals surface area contributed by atoms with E-state index >= 15 is 0 Å².